The Bertz CT molecular complexity index is 612. The lowest BCUT2D eigenvalue weighted by Crippen LogP contribution is -2.43. The van der Waals surface area contributed by atoms with Crippen molar-refractivity contribution in [2.45, 2.75) is 19.4 Å². The lowest BCUT2D eigenvalue weighted by Gasteiger charge is -2.16. The Morgan fingerprint density at radius 3 is 2.30 bits per heavy atom. The lowest BCUT2D eigenvalue weighted by molar-refractivity contribution is 0.0657. The minimum atomic E-state index is -0.221. The summed E-state index contributed by atoms with van der Waals surface area (Å²) in [5.41, 5.74) is 0.976. The van der Waals surface area contributed by atoms with Crippen LogP contribution < -0.4 is 10.6 Å². The molecule has 2 N–H and O–H groups in total. The molecule has 0 radical (unpaired) electrons. The third-order valence-corrected chi connectivity index (χ3v) is 4.16. The molecule has 1 heterocycles. The van der Waals surface area contributed by atoms with E-state index in [4.69, 9.17) is 0 Å². The standard InChI is InChI=1S/C16H20N4O2.HI/c1-10-9-13(10)19-16(17-2)18-7-8-20-14(21)11-5-3-4-6-12(11)15(20)22;/h3-6,10,13H,7-9H2,1-2H3,(H2,17,18,19);1H. The van der Waals surface area contributed by atoms with Crippen molar-refractivity contribution in [3.05, 3.63) is 35.4 Å². The number of nitrogens with zero attached hydrogens (tertiary/aromatic N) is 2. The quantitative estimate of drug-likeness (QED) is 0.330. The molecule has 2 amide bonds. The first kappa shape index (κ1) is 17.7. The molecule has 0 spiro atoms. The second-order valence-corrected chi connectivity index (χ2v) is 5.77. The molecule has 2 unspecified atom stereocenters. The molecule has 1 fully saturated rings. The van der Waals surface area contributed by atoms with Crippen molar-refractivity contribution in [1.82, 2.24) is 15.5 Å². The maximum absolute atomic E-state index is 12.2. The largest absolute Gasteiger partial charge is 0.355 e. The number of fused-ring (bicyclic) bond motifs is 1. The molecule has 3 rings (SSSR count). The smallest absolute Gasteiger partial charge is 0.261 e. The molecule has 1 aliphatic heterocycles. The van der Waals surface area contributed by atoms with Gasteiger partial charge in [-0.05, 0) is 24.5 Å². The van der Waals surface area contributed by atoms with Gasteiger partial charge in [0, 0.05) is 26.2 Å². The number of hydrogen-bond acceptors (Lipinski definition) is 3. The van der Waals surface area contributed by atoms with E-state index < -0.39 is 0 Å². The Morgan fingerprint density at radius 2 is 1.83 bits per heavy atom. The van der Waals surface area contributed by atoms with Crippen molar-refractivity contribution in [2.75, 3.05) is 20.1 Å². The average Bonchev–Trinajstić information content (AvgIpc) is 3.17. The molecule has 23 heavy (non-hydrogen) atoms. The van der Waals surface area contributed by atoms with Gasteiger partial charge in [-0.1, -0.05) is 19.1 Å². The number of rotatable bonds is 4. The second-order valence-electron chi connectivity index (χ2n) is 5.77. The number of guanidine groups is 1. The molecule has 1 aromatic rings. The van der Waals surface area contributed by atoms with Crippen LogP contribution in [0.5, 0.6) is 0 Å². The van der Waals surface area contributed by atoms with E-state index in [0.29, 0.717) is 42.1 Å². The molecule has 0 bridgehead atoms. The number of carbonyl (C=O) groups excluding carboxylic acids is 2. The van der Waals surface area contributed by atoms with Gasteiger partial charge in [0.15, 0.2) is 5.96 Å². The number of aliphatic imine (C=N–C) groups is 1. The highest BCUT2D eigenvalue weighted by molar-refractivity contribution is 14.0. The summed E-state index contributed by atoms with van der Waals surface area (Å²) >= 11 is 0. The minimum Gasteiger partial charge on any atom is -0.355 e. The van der Waals surface area contributed by atoms with Gasteiger partial charge in [-0.2, -0.15) is 0 Å². The molecule has 2 atom stereocenters. The van der Waals surface area contributed by atoms with Crippen LogP contribution in [0.1, 0.15) is 34.1 Å². The van der Waals surface area contributed by atoms with Crippen LogP contribution in [0.15, 0.2) is 29.3 Å². The zero-order valence-corrected chi connectivity index (χ0v) is 15.5. The van der Waals surface area contributed by atoms with E-state index in [1.165, 1.54) is 4.90 Å². The predicted molar refractivity (Wildman–Crippen MR) is 99.3 cm³/mol. The molecule has 6 nitrogen and oxygen atoms in total. The van der Waals surface area contributed by atoms with Gasteiger partial charge < -0.3 is 10.6 Å². The maximum atomic E-state index is 12.2. The van der Waals surface area contributed by atoms with E-state index in [1.54, 1.807) is 31.3 Å². The second kappa shape index (κ2) is 7.29. The van der Waals surface area contributed by atoms with E-state index in [1.807, 2.05) is 0 Å². The van der Waals surface area contributed by atoms with Crippen molar-refractivity contribution in [2.24, 2.45) is 10.9 Å². The highest BCUT2D eigenvalue weighted by Crippen LogP contribution is 2.28. The summed E-state index contributed by atoms with van der Waals surface area (Å²) in [5.74, 6) is 0.947. The van der Waals surface area contributed by atoms with Gasteiger partial charge in [-0.3, -0.25) is 19.5 Å². The summed E-state index contributed by atoms with van der Waals surface area (Å²) in [4.78, 5) is 29.9. The van der Waals surface area contributed by atoms with Crippen LogP contribution in [0.3, 0.4) is 0 Å². The van der Waals surface area contributed by atoms with Gasteiger partial charge in [-0.25, -0.2) is 0 Å². The Hall–Kier alpha value is -1.64. The van der Waals surface area contributed by atoms with Crippen LogP contribution in [0, 0.1) is 5.92 Å². The number of amides is 2. The van der Waals surface area contributed by atoms with E-state index in [9.17, 15) is 9.59 Å². The zero-order valence-electron chi connectivity index (χ0n) is 13.2. The van der Waals surface area contributed by atoms with Gasteiger partial charge in [-0.15, -0.1) is 24.0 Å². The first-order chi connectivity index (χ1) is 10.6. The summed E-state index contributed by atoms with van der Waals surface area (Å²) in [5, 5.41) is 6.45. The zero-order chi connectivity index (χ0) is 15.7. The van der Waals surface area contributed by atoms with Gasteiger partial charge in [0.25, 0.3) is 11.8 Å². The summed E-state index contributed by atoms with van der Waals surface area (Å²) in [6.07, 6.45) is 1.15. The van der Waals surface area contributed by atoms with E-state index in [-0.39, 0.29) is 35.8 Å². The molecule has 0 saturated heterocycles. The van der Waals surface area contributed by atoms with Crippen molar-refractivity contribution < 1.29 is 9.59 Å². The van der Waals surface area contributed by atoms with Crippen molar-refractivity contribution >= 4 is 41.8 Å². The van der Waals surface area contributed by atoms with Crippen molar-refractivity contribution in [3.63, 3.8) is 0 Å². The number of hydrogen-bond donors (Lipinski definition) is 2. The van der Waals surface area contributed by atoms with Crippen LogP contribution in [0.25, 0.3) is 0 Å². The maximum Gasteiger partial charge on any atom is 0.261 e. The summed E-state index contributed by atoms with van der Waals surface area (Å²) in [6, 6.07) is 7.41. The van der Waals surface area contributed by atoms with Crippen molar-refractivity contribution in [1.29, 1.82) is 0 Å². The predicted octanol–water partition coefficient (Wildman–Crippen LogP) is 1.47. The van der Waals surface area contributed by atoms with Gasteiger partial charge >= 0.3 is 0 Å². The van der Waals surface area contributed by atoms with Crippen LogP contribution in [0.2, 0.25) is 0 Å². The number of imide groups is 1. The fourth-order valence-electron chi connectivity index (χ4n) is 2.62. The third-order valence-electron chi connectivity index (χ3n) is 4.16. The van der Waals surface area contributed by atoms with Crippen LogP contribution in [-0.2, 0) is 0 Å². The number of halogens is 1. The van der Waals surface area contributed by atoms with Crippen molar-refractivity contribution in [3.8, 4) is 0 Å². The van der Waals surface area contributed by atoms with Crippen LogP contribution >= 0.6 is 24.0 Å². The average molecular weight is 428 g/mol. The molecule has 2 aliphatic rings. The summed E-state index contributed by atoms with van der Waals surface area (Å²) in [7, 11) is 1.71. The SMILES string of the molecule is CN=C(NCCN1C(=O)c2ccccc2C1=O)NC1CC1C.I. The fourth-order valence-corrected chi connectivity index (χ4v) is 2.62. The van der Waals surface area contributed by atoms with E-state index in [0.717, 1.165) is 6.42 Å². The first-order valence-corrected chi connectivity index (χ1v) is 7.54. The molecule has 124 valence electrons. The van der Waals surface area contributed by atoms with Gasteiger partial charge in [0.1, 0.15) is 0 Å². The minimum absolute atomic E-state index is 0. The Labute approximate surface area is 152 Å². The summed E-state index contributed by atoms with van der Waals surface area (Å²) < 4.78 is 0. The molecule has 1 aliphatic carbocycles. The first-order valence-electron chi connectivity index (χ1n) is 7.54. The topological polar surface area (TPSA) is 73.8 Å². The summed E-state index contributed by atoms with van der Waals surface area (Å²) in [6.45, 7) is 2.99. The molecule has 7 heteroatoms. The van der Waals surface area contributed by atoms with Gasteiger partial charge in [0.2, 0.25) is 0 Å². The number of carbonyl (C=O) groups is 2. The highest BCUT2D eigenvalue weighted by atomic mass is 127. The van der Waals surface area contributed by atoms with Gasteiger partial charge in [0.05, 0.1) is 11.1 Å². The number of benzene rings is 1. The molecule has 0 aromatic heterocycles. The Morgan fingerprint density at radius 1 is 1.26 bits per heavy atom. The normalized spacial score (nSPS) is 22.5. The highest BCUT2D eigenvalue weighted by Gasteiger charge is 2.35. The van der Waals surface area contributed by atoms with E-state index >= 15 is 0 Å². The Balaban J connectivity index is 0.00000192. The molecule has 1 aromatic carbocycles. The fraction of sp³-hybridized carbons (Fsp3) is 0.438. The van der Waals surface area contributed by atoms with E-state index in [2.05, 4.69) is 22.5 Å². The lowest BCUT2D eigenvalue weighted by atomic mass is 10.1. The molecular weight excluding hydrogens is 407 g/mol. The monoisotopic (exact) mass is 428 g/mol. The van der Waals surface area contributed by atoms with Crippen LogP contribution in [0.4, 0.5) is 0 Å². The Kier molecular flexibility index (Phi) is 5.61. The molecular formula is C16H21IN4O2. The third kappa shape index (κ3) is 3.65. The van der Waals surface area contributed by atoms with Crippen LogP contribution in [-0.4, -0.2) is 48.9 Å². The molecule has 1 saturated carbocycles. The number of nitrogens with one attached hydrogen (secondary N) is 2.